The molecule has 0 bridgehead atoms. The monoisotopic (exact) mass is 420 g/mol. The molecular weight excluding hydrogens is 408 g/mol. The van der Waals surface area contributed by atoms with Gasteiger partial charge in [-0.3, -0.25) is 4.79 Å². The van der Waals surface area contributed by atoms with E-state index < -0.39 is 0 Å². The molecule has 1 N–H and O–H groups in total. The molecule has 0 unspecified atom stereocenters. The Kier molecular flexibility index (Phi) is 5.04. The second-order valence-electron chi connectivity index (χ2n) is 5.39. The first-order valence-electron chi connectivity index (χ1n) is 7.25. The van der Waals surface area contributed by atoms with E-state index >= 15 is 0 Å². The number of amides is 1. The van der Waals surface area contributed by atoms with Gasteiger partial charge in [0.1, 0.15) is 4.88 Å². The fourth-order valence-electron chi connectivity index (χ4n) is 2.28. The quantitative estimate of drug-likeness (QED) is 0.423. The minimum atomic E-state index is -0.298. The lowest BCUT2D eigenvalue weighted by molar-refractivity contribution is 0.0959. The smallest absolute Gasteiger partial charge is 0.266 e. The molecule has 3 aromatic rings. The summed E-state index contributed by atoms with van der Waals surface area (Å²) < 4.78 is 1.96. The summed E-state index contributed by atoms with van der Waals surface area (Å²) in [7, 11) is 0. The lowest BCUT2D eigenvalue weighted by Crippen LogP contribution is -2.18. The molecule has 0 atom stereocenters. The molecule has 0 saturated carbocycles. The van der Waals surface area contributed by atoms with Crippen LogP contribution >= 0.6 is 38.9 Å². The number of carbonyl (C=O) groups excluding carboxylic acids is 1. The summed E-state index contributed by atoms with van der Waals surface area (Å²) in [5.74, 6) is -0.298. The fourth-order valence-corrected chi connectivity index (χ4v) is 4.19. The molecule has 0 fully saturated rings. The Morgan fingerprint density at radius 1 is 1.25 bits per heavy atom. The molecule has 1 heterocycles. The first-order chi connectivity index (χ1) is 11.5. The average Bonchev–Trinajstić information content (AvgIpc) is 2.88. The number of nitrogens with one attached hydrogen (secondary N) is 1. The predicted molar refractivity (Wildman–Crippen MR) is 105 cm³/mol. The summed E-state index contributed by atoms with van der Waals surface area (Å²) in [6.07, 6.45) is 0. The maximum atomic E-state index is 12.4. The zero-order valence-corrected chi connectivity index (χ0v) is 16.2. The topological polar surface area (TPSA) is 41.5 Å². The Morgan fingerprint density at radius 2 is 2.04 bits per heavy atom. The van der Waals surface area contributed by atoms with Crippen molar-refractivity contribution in [2.24, 2.45) is 5.10 Å². The molecule has 24 heavy (non-hydrogen) atoms. The van der Waals surface area contributed by atoms with Gasteiger partial charge in [-0.1, -0.05) is 51.8 Å². The average molecular weight is 422 g/mol. The van der Waals surface area contributed by atoms with E-state index in [0.717, 1.165) is 31.4 Å². The van der Waals surface area contributed by atoms with E-state index in [-0.39, 0.29) is 5.91 Å². The maximum absolute atomic E-state index is 12.4. The van der Waals surface area contributed by atoms with Gasteiger partial charge in [-0.15, -0.1) is 11.3 Å². The molecule has 6 heteroatoms. The number of aryl methyl sites for hydroxylation is 1. The molecule has 0 aliphatic rings. The van der Waals surface area contributed by atoms with Gasteiger partial charge in [0.2, 0.25) is 0 Å². The van der Waals surface area contributed by atoms with E-state index in [1.165, 1.54) is 11.3 Å². The number of hydrogen-bond acceptors (Lipinski definition) is 3. The van der Waals surface area contributed by atoms with Gasteiger partial charge in [0, 0.05) is 14.6 Å². The number of hydrogen-bond donors (Lipinski definition) is 1. The van der Waals surface area contributed by atoms with Crippen LogP contribution in [-0.2, 0) is 0 Å². The second kappa shape index (κ2) is 7.05. The summed E-state index contributed by atoms with van der Waals surface area (Å²) in [6.45, 7) is 3.86. The lowest BCUT2D eigenvalue weighted by Gasteiger charge is -2.03. The van der Waals surface area contributed by atoms with Crippen LogP contribution in [0.25, 0.3) is 10.1 Å². The third kappa shape index (κ3) is 3.53. The van der Waals surface area contributed by atoms with Crippen LogP contribution < -0.4 is 5.43 Å². The van der Waals surface area contributed by atoms with Crippen molar-refractivity contribution in [2.75, 3.05) is 0 Å². The number of hydrazone groups is 1. The normalized spacial score (nSPS) is 11.8. The van der Waals surface area contributed by atoms with Gasteiger partial charge in [0.15, 0.2) is 0 Å². The van der Waals surface area contributed by atoms with E-state index in [2.05, 4.69) is 26.5 Å². The van der Waals surface area contributed by atoms with Crippen molar-refractivity contribution in [1.29, 1.82) is 0 Å². The van der Waals surface area contributed by atoms with Crippen LogP contribution in [0.5, 0.6) is 0 Å². The van der Waals surface area contributed by atoms with Gasteiger partial charge in [0.25, 0.3) is 5.91 Å². The standard InChI is InChI=1S/C18H14BrClN2OS/c1-10-6-7-14-15(8-10)24-17(16(14)20)18(23)22-21-11(2)12-4-3-5-13(19)9-12/h3-9H,1-2H3,(H,22,23)/b21-11+. The van der Waals surface area contributed by atoms with Gasteiger partial charge in [0.05, 0.1) is 10.7 Å². The Labute approximate surface area is 157 Å². The summed E-state index contributed by atoms with van der Waals surface area (Å²) >= 11 is 11.2. The summed E-state index contributed by atoms with van der Waals surface area (Å²) in [6, 6.07) is 13.7. The number of fused-ring (bicyclic) bond motifs is 1. The lowest BCUT2D eigenvalue weighted by atomic mass is 10.1. The van der Waals surface area contributed by atoms with E-state index in [1.807, 2.05) is 56.3 Å². The Hall–Kier alpha value is -1.69. The van der Waals surface area contributed by atoms with Crippen LogP contribution in [0, 0.1) is 6.92 Å². The maximum Gasteiger partial charge on any atom is 0.283 e. The van der Waals surface area contributed by atoms with Crippen molar-refractivity contribution in [3.63, 3.8) is 0 Å². The van der Waals surface area contributed by atoms with Gasteiger partial charge in [-0.2, -0.15) is 5.10 Å². The first-order valence-corrected chi connectivity index (χ1v) is 9.23. The zero-order valence-electron chi connectivity index (χ0n) is 13.1. The predicted octanol–water partition coefficient (Wildman–Crippen LogP) is 5.78. The van der Waals surface area contributed by atoms with Crippen LogP contribution in [0.15, 0.2) is 52.0 Å². The van der Waals surface area contributed by atoms with Gasteiger partial charge < -0.3 is 0 Å². The first kappa shape index (κ1) is 17.1. The molecule has 0 spiro atoms. The highest BCUT2D eigenvalue weighted by Crippen LogP contribution is 2.35. The van der Waals surface area contributed by atoms with Crippen molar-refractivity contribution >= 4 is 60.6 Å². The minimum absolute atomic E-state index is 0.298. The van der Waals surface area contributed by atoms with Gasteiger partial charge in [-0.05, 0) is 43.2 Å². The van der Waals surface area contributed by atoms with Crippen molar-refractivity contribution < 1.29 is 4.79 Å². The third-order valence-corrected chi connectivity index (χ3v) is 5.71. The van der Waals surface area contributed by atoms with E-state index in [9.17, 15) is 4.79 Å². The van der Waals surface area contributed by atoms with E-state index in [0.29, 0.717) is 9.90 Å². The summed E-state index contributed by atoms with van der Waals surface area (Å²) in [4.78, 5) is 12.9. The van der Waals surface area contributed by atoms with Crippen LogP contribution in [0.4, 0.5) is 0 Å². The molecule has 0 radical (unpaired) electrons. The molecule has 0 aliphatic heterocycles. The molecule has 122 valence electrons. The highest BCUT2D eigenvalue weighted by molar-refractivity contribution is 9.10. The fraction of sp³-hybridized carbons (Fsp3) is 0.111. The Morgan fingerprint density at radius 3 is 2.79 bits per heavy atom. The number of halogens is 2. The zero-order chi connectivity index (χ0) is 17.3. The SMILES string of the molecule is C/C(=N\NC(=O)c1sc2cc(C)ccc2c1Cl)c1cccc(Br)c1. The van der Waals surface area contributed by atoms with Gasteiger partial charge in [-0.25, -0.2) is 5.43 Å². The van der Waals surface area contributed by atoms with Crippen molar-refractivity contribution in [3.05, 3.63) is 68.0 Å². The highest BCUT2D eigenvalue weighted by atomic mass is 79.9. The Balaban J connectivity index is 1.85. The van der Waals surface area contributed by atoms with Crippen molar-refractivity contribution in [1.82, 2.24) is 5.43 Å². The van der Waals surface area contributed by atoms with Crippen molar-refractivity contribution in [3.8, 4) is 0 Å². The summed E-state index contributed by atoms with van der Waals surface area (Å²) in [5, 5.41) is 5.55. The van der Waals surface area contributed by atoms with Crippen LogP contribution in [0.3, 0.4) is 0 Å². The van der Waals surface area contributed by atoms with Crippen LogP contribution in [0.1, 0.15) is 27.7 Å². The van der Waals surface area contributed by atoms with Crippen LogP contribution in [-0.4, -0.2) is 11.6 Å². The number of nitrogens with zero attached hydrogens (tertiary/aromatic N) is 1. The number of rotatable bonds is 3. The third-order valence-electron chi connectivity index (χ3n) is 3.56. The second-order valence-corrected chi connectivity index (χ2v) is 7.74. The number of benzene rings is 2. The van der Waals surface area contributed by atoms with E-state index in [4.69, 9.17) is 11.6 Å². The molecule has 1 aromatic heterocycles. The largest absolute Gasteiger partial charge is 0.283 e. The Bertz CT molecular complexity index is 965. The minimum Gasteiger partial charge on any atom is -0.266 e. The van der Waals surface area contributed by atoms with Crippen LogP contribution in [0.2, 0.25) is 5.02 Å². The molecule has 1 amide bonds. The molecule has 0 saturated heterocycles. The molecular formula is C18H14BrClN2OS. The van der Waals surface area contributed by atoms with Gasteiger partial charge >= 0.3 is 0 Å². The van der Waals surface area contributed by atoms with Crippen molar-refractivity contribution in [2.45, 2.75) is 13.8 Å². The molecule has 0 aliphatic carbocycles. The molecule has 3 rings (SSSR count). The highest BCUT2D eigenvalue weighted by Gasteiger charge is 2.17. The van der Waals surface area contributed by atoms with E-state index in [1.54, 1.807) is 0 Å². The summed E-state index contributed by atoms with van der Waals surface area (Å²) in [5.41, 5.74) is 5.38. The number of carbonyl (C=O) groups is 1. The molecule has 2 aromatic carbocycles. The molecule has 3 nitrogen and oxygen atoms in total. The number of thiophene rings is 1.